The maximum absolute atomic E-state index is 12.4. The van der Waals surface area contributed by atoms with Crippen LogP contribution in [0, 0.1) is 13.8 Å². The summed E-state index contributed by atoms with van der Waals surface area (Å²) in [5, 5.41) is 3.20. The van der Waals surface area contributed by atoms with Gasteiger partial charge in [0.05, 0.1) is 12.7 Å². The molecule has 1 aromatic heterocycles. The van der Waals surface area contributed by atoms with Gasteiger partial charge in [-0.1, -0.05) is 29.8 Å². The lowest BCUT2D eigenvalue weighted by atomic mass is 10.1. The van der Waals surface area contributed by atoms with Crippen LogP contribution in [0.5, 0.6) is 5.75 Å². The van der Waals surface area contributed by atoms with Crippen molar-refractivity contribution in [2.75, 3.05) is 23.6 Å². The van der Waals surface area contributed by atoms with E-state index in [2.05, 4.69) is 32.2 Å². The normalized spacial score (nSPS) is 10.2. The standard InChI is InChI=1S/C20H22N6O2/c1-12-8-9-15(13(2)10-12)24-18-17(21)19(23-11-22-18)25-26-20(27)14-6-4-5-7-16(14)28-3/h4-11H,21H2,1-3H3,(H,26,27)(H2,22,23,24,25). The summed E-state index contributed by atoms with van der Waals surface area (Å²) in [6.07, 6.45) is 1.36. The molecule has 3 aromatic rings. The van der Waals surface area contributed by atoms with Gasteiger partial charge in [0.1, 0.15) is 17.8 Å². The second-order valence-corrected chi connectivity index (χ2v) is 6.21. The van der Waals surface area contributed by atoms with E-state index in [0.717, 1.165) is 11.3 Å². The Kier molecular flexibility index (Phi) is 5.59. The Hall–Kier alpha value is -3.81. The van der Waals surface area contributed by atoms with Crippen molar-refractivity contribution in [1.82, 2.24) is 15.4 Å². The third-order valence-corrected chi connectivity index (χ3v) is 4.16. The fraction of sp³-hybridized carbons (Fsp3) is 0.150. The number of carbonyl (C=O) groups is 1. The fourth-order valence-corrected chi connectivity index (χ4v) is 2.69. The number of carbonyl (C=O) groups excluding carboxylic acids is 1. The van der Waals surface area contributed by atoms with Gasteiger partial charge < -0.3 is 15.8 Å². The molecule has 0 atom stereocenters. The molecule has 1 amide bonds. The number of hydrogen-bond acceptors (Lipinski definition) is 7. The highest BCUT2D eigenvalue weighted by Crippen LogP contribution is 2.27. The van der Waals surface area contributed by atoms with Crippen LogP contribution in [-0.4, -0.2) is 23.0 Å². The number of para-hydroxylation sites is 1. The van der Waals surface area contributed by atoms with Crippen molar-refractivity contribution < 1.29 is 9.53 Å². The summed E-state index contributed by atoms with van der Waals surface area (Å²) in [5.41, 5.74) is 15.3. The summed E-state index contributed by atoms with van der Waals surface area (Å²) < 4.78 is 5.20. The molecule has 144 valence electrons. The van der Waals surface area contributed by atoms with Gasteiger partial charge in [0.2, 0.25) is 0 Å². The maximum atomic E-state index is 12.4. The highest BCUT2D eigenvalue weighted by molar-refractivity contribution is 5.97. The molecule has 8 heteroatoms. The van der Waals surface area contributed by atoms with Crippen molar-refractivity contribution in [3.05, 3.63) is 65.5 Å². The lowest BCUT2D eigenvalue weighted by Crippen LogP contribution is -2.30. The molecular formula is C20H22N6O2. The summed E-state index contributed by atoms with van der Waals surface area (Å²) in [4.78, 5) is 20.7. The van der Waals surface area contributed by atoms with E-state index in [9.17, 15) is 4.79 Å². The zero-order valence-electron chi connectivity index (χ0n) is 15.9. The van der Waals surface area contributed by atoms with Crippen LogP contribution >= 0.6 is 0 Å². The second-order valence-electron chi connectivity index (χ2n) is 6.21. The highest BCUT2D eigenvalue weighted by Gasteiger charge is 2.13. The number of aryl methyl sites for hydroxylation is 2. The molecule has 1 heterocycles. The summed E-state index contributed by atoms with van der Waals surface area (Å²) in [6, 6.07) is 12.9. The zero-order valence-corrected chi connectivity index (χ0v) is 15.9. The van der Waals surface area contributed by atoms with Crippen molar-refractivity contribution in [1.29, 1.82) is 0 Å². The molecular weight excluding hydrogens is 356 g/mol. The van der Waals surface area contributed by atoms with E-state index in [1.807, 2.05) is 26.0 Å². The Morgan fingerprint density at radius 3 is 2.57 bits per heavy atom. The number of nitrogens with zero attached hydrogens (tertiary/aromatic N) is 2. The minimum absolute atomic E-state index is 0.280. The third kappa shape index (κ3) is 4.12. The average molecular weight is 378 g/mol. The maximum Gasteiger partial charge on any atom is 0.273 e. The minimum atomic E-state index is -0.376. The number of benzene rings is 2. The van der Waals surface area contributed by atoms with Crippen LogP contribution in [0.3, 0.4) is 0 Å². The number of amides is 1. The molecule has 0 aliphatic rings. The van der Waals surface area contributed by atoms with Crippen molar-refractivity contribution in [2.45, 2.75) is 13.8 Å². The first kappa shape index (κ1) is 19.0. The van der Waals surface area contributed by atoms with Gasteiger partial charge in [0.15, 0.2) is 11.6 Å². The first-order valence-corrected chi connectivity index (χ1v) is 8.63. The van der Waals surface area contributed by atoms with Crippen LogP contribution in [0.2, 0.25) is 0 Å². The van der Waals surface area contributed by atoms with Crippen LogP contribution in [-0.2, 0) is 0 Å². The summed E-state index contributed by atoms with van der Waals surface area (Å²) in [6.45, 7) is 4.03. The van der Waals surface area contributed by atoms with E-state index in [-0.39, 0.29) is 17.4 Å². The van der Waals surface area contributed by atoms with E-state index < -0.39 is 0 Å². The molecule has 0 aliphatic carbocycles. The molecule has 0 spiro atoms. The Labute approximate surface area is 163 Å². The predicted molar refractivity (Wildman–Crippen MR) is 110 cm³/mol. The summed E-state index contributed by atoms with van der Waals surface area (Å²) in [7, 11) is 1.51. The van der Waals surface area contributed by atoms with Gasteiger partial charge in [-0.3, -0.25) is 15.6 Å². The molecule has 0 radical (unpaired) electrons. The molecule has 5 N–H and O–H groups in total. The number of nitrogens with one attached hydrogen (secondary N) is 3. The van der Waals surface area contributed by atoms with Crippen LogP contribution < -0.4 is 26.6 Å². The average Bonchev–Trinajstić information content (AvgIpc) is 2.70. The predicted octanol–water partition coefficient (Wildman–Crippen LogP) is 3.18. The number of ether oxygens (including phenoxy) is 1. The monoisotopic (exact) mass is 378 g/mol. The molecule has 28 heavy (non-hydrogen) atoms. The molecule has 2 aromatic carbocycles. The molecule has 0 bridgehead atoms. The second kappa shape index (κ2) is 8.26. The van der Waals surface area contributed by atoms with E-state index in [0.29, 0.717) is 17.1 Å². The molecule has 0 saturated heterocycles. The van der Waals surface area contributed by atoms with Crippen LogP contribution in [0.4, 0.5) is 23.0 Å². The van der Waals surface area contributed by atoms with Crippen molar-refractivity contribution in [3.8, 4) is 5.75 Å². The van der Waals surface area contributed by atoms with Gasteiger partial charge in [0, 0.05) is 5.69 Å². The summed E-state index contributed by atoms with van der Waals surface area (Å²) >= 11 is 0. The quantitative estimate of drug-likeness (QED) is 0.487. The van der Waals surface area contributed by atoms with E-state index >= 15 is 0 Å². The Balaban J connectivity index is 1.75. The number of hydrazine groups is 1. The number of methoxy groups -OCH3 is 1. The number of nitrogen functional groups attached to an aromatic ring is 1. The van der Waals surface area contributed by atoms with Gasteiger partial charge >= 0.3 is 0 Å². The van der Waals surface area contributed by atoms with Gasteiger partial charge in [0.25, 0.3) is 5.91 Å². The van der Waals surface area contributed by atoms with Gasteiger partial charge in [-0.25, -0.2) is 9.97 Å². The smallest absolute Gasteiger partial charge is 0.273 e. The topological polar surface area (TPSA) is 114 Å². The first-order chi connectivity index (χ1) is 13.5. The van der Waals surface area contributed by atoms with Gasteiger partial charge in [-0.05, 0) is 37.6 Å². The van der Waals surface area contributed by atoms with Crippen molar-refractivity contribution in [3.63, 3.8) is 0 Å². The van der Waals surface area contributed by atoms with E-state index in [1.54, 1.807) is 24.3 Å². The number of anilines is 4. The molecule has 0 aliphatic heterocycles. The molecule has 0 unspecified atom stereocenters. The highest BCUT2D eigenvalue weighted by atomic mass is 16.5. The molecule has 0 fully saturated rings. The molecule has 8 nitrogen and oxygen atoms in total. The van der Waals surface area contributed by atoms with Crippen LogP contribution in [0.1, 0.15) is 21.5 Å². The number of hydrogen-bond donors (Lipinski definition) is 4. The Morgan fingerprint density at radius 2 is 1.82 bits per heavy atom. The zero-order chi connectivity index (χ0) is 20.1. The molecule has 0 saturated carbocycles. The van der Waals surface area contributed by atoms with E-state index in [1.165, 1.54) is 19.0 Å². The van der Waals surface area contributed by atoms with Crippen molar-refractivity contribution in [2.24, 2.45) is 0 Å². The number of nitrogens with two attached hydrogens (primary N) is 1. The van der Waals surface area contributed by atoms with Gasteiger partial charge in [-0.15, -0.1) is 0 Å². The number of rotatable bonds is 6. The van der Waals surface area contributed by atoms with Gasteiger partial charge in [-0.2, -0.15) is 0 Å². The SMILES string of the molecule is COc1ccccc1C(=O)NNc1ncnc(Nc2ccc(C)cc2C)c1N. The van der Waals surface area contributed by atoms with Crippen molar-refractivity contribution >= 4 is 28.9 Å². The lowest BCUT2D eigenvalue weighted by molar-refractivity contribution is 0.0959. The minimum Gasteiger partial charge on any atom is -0.496 e. The third-order valence-electron chi connectivity index (χ3n) is 4.16. The Bertz CT molecular complexity index is 1010. The molecule has 3 rings (SSSR count). The van der Waals surface area contributed by atoms with Crippen LogP contribution in [0.15, 0.2) is 48.8 Å². The Morgan fingerprint density at radius 1 is 1.07 bits per heavy atom. The largest absolute Gasteiger partial charge is 0.496 e. The first-order valence-electron chi connectivity index (χ1n) is 8.63. The number of aromatic nitrogens is 2. The van der Waals surface area contributed by atoms with E-state index in [4.69, 9.17) is 10.5 Å². The lowest BCUT2D eigenvalue weighted by Gasteiger charge is -2.15. The fourth-order valence-electron chi connectivity index (χ4n) is 2.69. The summed E-state index contributed by atoms with van der Waals surface area (Å²) in [5.74, 6) is 0.815. The van der Waals surface area contributed by atoms with Crippen LogP contribution in [0.25, 0.3) is 0 Å².